The number of hydrogen-bond acceptors (Lipinski definition) is 6. The van der Waals surface area contributed by atoms with E-state index >= 15 is 0 Å². The Kier molecular flexibility index (Phi) is 6.05. The van der Waals surface area contributed by atoms with Crippen molar-refractivity contribution in [3.05, 3.63) is 35.0 Å². The largest absolute Gasteiger partial charge is 0.416 e. The molecule has 0 amide bonds. The van der Waals surface area contributed by atoms with Crippen LogP contribution >= 0.6 is 11.6 Å². The molecular formula is C23H27ClF3N7. The number of piperidine rings is 1. The Morgan fingerprint density at radius 1 is 1.12 bits per heavy atom. The van der Waals surface area contributed by atoms with Crippen LogP contribution in [0.3, 0.4) is 0 Å². The number of fused-ring (bicyclic) bond motifs is 1. The lowest BCUT2D eigenvalue weighted by atomic mass is 10.0. The molecule has 3 heterocycles. The minimum atomic E-state index is -4.50. The van der Waals surface area contributed by atoms with Gasteiger partial charge in [-0.1, -0.05) is 24.4 Å². The molecule has 7 nitrogen and oxygen atoms in total. The molecule has 0 atom stereocenters. The molecule has 3 aromatic rings. The van der Waals surface area contributed by atoms with E-state index in [1.165, 1.54) is 18.9 Å². The van der Waals surface area contributed by atoms with Crippen LogP contribution in [0.4, 0.5) is 30.8 Å². The molecule has 0 unspecified atom stereocenters. The minimum Gasteiger partial charge on any atom is -0.349 e. The van der Waals surface area contributed by atoms with Crippen molar-refractivity contribution in [3.63, 3.8) is 0 Å². The summed E-state index contributed by atoms with van der Waals surface area (Å²) in [6, 6.07) is 3.51. The first-order valence-corrected chi connectivity index (χ1v) is 12.0. The second-order valence-electron chi connectivity index (χ2n) is 9.43. The molecule has 5 rings (SSSR count). The molecule has 1 saturated heterocycles. The van der Waals surface area contributed by atoms with Gasteiger partial charge >= 0.3 is 6.18 Å². The van der Waals surface area contributed by atoms with Gasteiger partial charge in [0.25, 0.3) is 0 Å². The molecule has 2 fully saturated rings. The van der Waals surface area contributed by atoms with Crippen molar-refractivity contribution in [3.8, 4) is 0 Å². The molecule has 0 spiro atoms. The Bertz CT molecular complexity index is 1180. The summed E-state index contributed by atoms with van der Waals surface area (Å²) < 4.78 is 42.0. The van der Waals surface area contributed by atoms with Gasteiger partial charge in [-0.15, -0.1) is 0 Å². The Morgan fingerprint density at radius 3 is 2.56 bits per heavy atom. The van der Waals surface area contributed by atoms with E-state index in [-0.39, 0.29) is 22.3 Å². The van der Waals surface area contributed by atoms with Crippen molar-refractivity contribution in [2.24, 2.45) is 0 Å². The van der Waals surface area contributed by atoms with Crippen LogP contribution in [0.25, 0.3) is 11.2 Å². The quantitative estimate of drug-likeness (QED) is 0.410. The van der Waals surface area contributed by atoms with Gasteiger partial charge in [0.1, 0.15) is 5.52 Å². The summed E-state index contributed by atoms with van der Waals surface area (Å²) in [6.07, 6.45) is 3.35. The van der Waals surface area contributed by atoms with Crippen molar-refractivity contribution in [2.45, 2.75) is 63.2 Å². The Balaban J connectivity index is 1.55. The SMILES string of the molecule is CC1(Nc2ncc3nc(Nc4cc(Cl)cc(C(F)(F)F)c4)n(C4CCNCC4)c3n2)CCCC1. The summed E-state index contributed by atoms with van der Waals surface area (Å²) in [6.45, 7) is 3.86. The maximum Gasteiger partial charge on any atom is 0.416 e. The topological polar surface area (TPSA) is 79.7 Å². The fraction of sp³-hybridized carbons (Fsp3) is 0.522. The van der Waals surface area contributed by atoms with E-state index in [0.29, 0.717) is 23.1 Å². The first kappa shape index (κ1) is 23.2. The summed E-state index contributed by atoms with van der Waals surface area (Å²) in [4.78, 5) is 13.9. The second-order valence-corrected chi connectivity index (χ2v) is 9.87. The van der Waals surface area contributed by atoms with Crippen LogP contribution < -0.4 is 16.0 Å². The van der Waals surface area contributed by atoms with E-state index in [1.54, 1.807) is 6.20 Å². The van der Waals surface area contributed by atoms with Crippen LogP contribution in [0.5, 0.6) is 0 Å². The number of alkyl halides is 3. The van der Waals surface area contributed by atoms with Gasteiger partial charge in [-0.05, 0) is 63.9 Å². The number of rotatable bonds is 5. The van der Waals surface area contributed by atoms with Gasteiger partial charge < -0.3 is 16.0 Å². The Morgan fingerprint density at radius 2 is 1.85 bits per heavy atom. The number of aromatic nitrogens is 4. The Labute approximate surface area is 200 Å². The second kappa shape index (κ2) is 8.88. The van der Waals surface area contributed by atoms with E-state index in [0.717, 1.165) is 50.9 Å². The van der Waals surface area contributed by atoms with E-state index in [4.69, 9.17) is 16.6 Å². The fourth-order valence-electron chi connectivity index (χ4n) is 4.95. The molecule has 1 aliphatic carbocycles. The maximum atomic E-state index is 13.3. The van der Waals surface area contributed by atoms with E-state index in [1.807, 2.05) is 4.57 Å². The van der Waals surface area contributed by atoms with Crippen LogP contribution in [0.15, 0.2) is 24.4 Å². The van der Waals surface area contributed by atoms with Crippen LogP contribution in [-0.2, 0) is 6.18 Å². The summed E-state index contributed by atoms with van der Waals surface area (Å²) in [5.41, 5.74) is 0.606. The lowest BCUT2D eigenvalue weighted by Crippen LogP contribution is -2.32. The van der Waals surface area contributed by atoms with Gasteiger partial charge in [0.05, 0.1) is 11.8 Å². The summed E-state index contributed by atoms with van der Waals surface area (Å²) in [5.74, 6) is 0.969. The number of halogens is 4. The van der Waals surface area contributed by atoms with Crippen molar-refractivity contribution in [1.29, 1.82) is 0 Å². The molecule has 182 valence electrons. The first-order chi connectivity index (χ1) is 16.2. The van der Waals surface area contributed by atoms with Gasteiger partial charge in [-0.25, -0.2) is 9.97 Å². The number of hydrogen-bond donors (Lipinski definition) is 3. The van der Waals surface area contributed by atoms with Gasteiger partial charge in [-0.2, -0.15) is 18.2 Å². The summed E-state index contributed by atoms with van der Waals surface area (Å²) >= 11 is 6.00. The number of nitrogens with one attached hydrogen (secondary N) is 3. The third-order valence-electron chi connectivity index (χ3n) is 6.71. The molecule has 2 aromatic heterocycles. The molecule has 1 aromatic carbocycles. The molecular weight excluding hydrogens is 467 g/mol. The highest BCUT2D eigenvalue weighted by atomic mass is 35.5. The normalized spacial score (nSPS) is 19.0. The van der Waals surface area contributed by atoms with E-state index in [2.05, 4.69) is 32.8 Å². The predicted molar refractivity (Wildman–Crippen MR) is 127 cm³/mol. The number of nitrogens with zero attached hydrogens (tertiary/aromatic N) is 4. The standard InChI is InChI=1S/C23H27ClF3N7/c1-22(6-2-3-7-22)33-20-29-13-18-19(32-20)34(17-4-8-28-9-5-17)21(31-18)30-16-11-14(23(25,26)27)10-15(24)12-16/h10-13,17,28H,2-9H2,1H3,(H,30,31)(H,29,32,33). The average molecular weight is 494 g/mol. The van der Waals surface area contributed by atoms with Crippen LogP contribution in [-0.4, -0.2) is 38.1 Å². The highest BCUT2D eigenvalue weighted by Gasteiger charge is 2.32. The average Bonchev–Trinajstić information content (AvgIpc) is 3.36. The highest BCUT2D eigenvalue weighted by molar-refractivity contribution is 6.31. The number of imidazole rings is 1. The first-order valence-electron chi connectivity index (χ1n) is 11.6. The van der Waals surface area contributed by atoms with E-state index < -0.39 is 11.7 Å². The Hall–Kier alpha value is -2.59. The van der Waals surface area contributed by atoms with Gasteiger partial charge in [-0.3, -0.25) is 4.57 Å². The highest BCUT2D eigenvalue weighted by Crippen LogP contribution is 2.36. The lowest BCUT2D eigenvalue weighted by molar-refractivity contribution is -0.137. The number of benzene rings is 1. The summed E-state index contributed by atoms with van der Waals surface area (Å²) in [5, 5.41) is 9.91. The minimum absolute atomic E-state index is 0.00191. The zero-order valence-electron chi connectivity index (χ0n) is 18.8. The fourth-order valence-corrected chi connectivity index (χ4v) is 5.19. The molecule has 3 N–H and O–H groups in total. The maximum absolute atomic E-state index is 13.3. The zero-order chi connectivity index (χ0) is 23.9. The lowest BCUT2D eigenvalue weighted by Gasteiger charge is -2.27. The molecule has 0 radical (unpaired) electrons. The molecule has 0 bridgehead atoms. The van der Waals surface area contributed by atoms with Crippen molar-refractivity contribution >= 4 is 40.3 Å². The van der Waals surface area contributed by atoms with Gasteiger partial charge in [0, 0.05) is 22.3 Å². The smallest absolute Gasteiger partial charge is 0.349 e. The number of anilines is 3. The van der Waals surface area contributed by atoms with Crippen LogP contribution in [0, 0.1) is 0 Å². The summed E-state index contributed by atoms with van der Waals surface area (Å²) in [7, 11) is 0. The molecule has 1 aliphatic heterocycles. The molecule has 1 saturated carbocycles. The van der Waals surface area contributed by atoms with Crippen LogP contribution in [0.1, 0.15) is 57.1 Å². The van der Waals surface area contributed by atoms with Gasteiger partial charge in [0.15, 0.2) is 5.65 Å². The van der Waals surface area contributed by atoms with Crippen molar-refractivity contribution in [2.75, 3.05) is 23.7 Å². The molecule has 11 heteroatoms. The third-order valence-corrected chi connectivity index (χ3v) is 6.93. The molecule has 34 heavy (non-hydrogen) atoms. The van der Waals surface area contributed by atoms with Crippen molar-refractivity contribution < 1.29 is 13.2 Å². The van der Waals surface area contributed by atoms with Crippen LogP contribution in [0.2, 0.25) is 5.02 Å². The van der Waals surface area contributed by atoms with E-state index in [9.17, 15) is 13.2 Å². The van der Waals surface area contributed by atoms with Gasteiger partial charge in [0.2, 0.25) is 11.9 Å². The monoisotopic (exact) mass is 493 g/mol. The third kappa shape index (κ3) is 4.79. The zero-order valence-corrected chi connectivity index (χ0v) is 19.6. The predicted octanol–water partition coefficient (Wildman–Crippen LogP) is 5.91. The van der Waals surface area contributed by atoms with Crippen molar-refractivity contribution in [1.82, 2.24) is 24.8 Å². The molecule has 2 aliphatic rings.